The van der Waals surface area contributed by atoms with Crippen molar-refractivity contribution in [3.63, 3.8) is 0 Å². The molecule has 6 heteroatoms. The molecule has 1 N–H and O–H groups in total. The van der Waals surface area contributed by atoms with Crippen molar-refractivity contribution in [2.24, 2.45) is 0 Å². The Morgan fingerprint density at radius 3 is 2.88 bits per heavy atom. The van der Waals surface area contributed by atoms with Crippen molar-refractivity contribution in [1.29, 1.82) is 0 Å². The Bertz CT molecular complexity index is 801. The van der Waals surface area contributed by atoms with Crippen LogP contribution in [-0.2, 0) is 23.5 Å². The molecule has 0 spiro atoms. The van der Waals surface area contributed by atoms with Crippen LogP contribution in [0.4, 0.5) is 0 Å². The van der Waals surface area contributed by atoms with Crippen molar-refractivity contribution in [2.75, 3.05) is 6.61 Å². The fraction of sp³-hybridized carbons (Fsp3) is 0.611. The molecule has 1 aliphatic carbocycles. The third-order valence-corrected chi connectivity index (χ3v) is 7.43. The molecule has 0 aromatic carbocycles. The lowest BCUT2D eigenvalue weighted by molar-refractivity contribution is 0.0348. The smallest absolute Gasteiger partial charge is 0.270 e. The molecule has 0 saturated heterocycles. The number of nitrogens with zero attached hydrogens (tertiary/aromatic N) is 1. The lowest BCUT2D eigenvalue weighted by Gasteiger charge is -2.33. The molecule has 0 amide bonds. The Hall–Kier alpha value is -0.953. The SMILES string of the molecule is CC1(O)CCCc2c1c1ccsc1c(=O)n2COCC[Si](C)(C)C. The van der Waals surface area contributed by atoms with Gasteiger partial charge in [0.05, 0.1) is 5.60 Å². The van der Waals surface area contributed by atoms with Gasteiger partial charge in [-0.15, -0.1) is 11.3 Å². The molecule has 132 valence electrons. The highest BCUT2D eigenvalue weighted by molar-refractivity contribution is 7.17. The third kappa shape index (κ3) is 3.38. The van der Waals surface area contributed by atoms with Gasteiger partial charge in [0.1, 0.15) is 11.4 Å². The van der Waals surface area contributed by atoms with Crippen molar-refractivity contribution in [3.8, 4) is 0 Å². The van der Waals surface area contributed by atoms with Crippen LogP contribution in [0, 0.1) is 0 Å². The molecule has 2 heterocycles. The zero-order chi connectivity index (χ0) is 17.5. The van der Waals surface area contributed by atoms with Gasteiger partial charge in [0.15, 0.2) is 0 Å². The molecule has 0 bridgehead atoms. The monoisotopic (exact) mass is 365 g/mol. The molecule has 2 aromatic heterocycles. The molecule has 4 nitrogen and oxygen atoms in total. The molecule has 24 heavy (non-hydrogen) atoms. The molecule has 1 unspecified atom stereocenters. The molecule has 3 rings (SSSR count). The van der Waals surface area contributed by atoms with Crippen LogP contribution in [0.5, 0.6) is 0 Å². The second kappa shape index (κ2) is 6.41. The van der Waals surface area contributed by atoms with E-state index in [0.717, 1.165) is 46.7 Å². The zero-order valence-electron chi connectivity index (χ0n) is 15.0. The highest BCUT2D eigenvalue weighted by Gasteiger charge is 2.34. The average molecular weight is 366 g/mol. The number of aromatic nitrogens is 1. The van der Waals surface area contributed by atoms with Gasteiger partial charge in [0, 0.05) is 31.3 Å². The summed E-state index contributed by atoms with van der Waals surface area (Å²) in [7, 11) is -1.14. The summed E-state index contributed by atoms with van der Waals surface area (Å²) in [6.45, 7) is 9.80. The Morgan fingerprint density at radius 1 is 1.42 bits per heavy atom. The summed E-state index contributed by atoms with van der Waals surface area (Å²) < 4.78 is 8.34. The van der Waals surface area contributed by atoms with Crippen molar-refractivity contribution < 1.29 is 9.84 Å². The van der Waals surface area contributed by atoms with E-state index >= 15 is 0 Å². The van der Waals surface area contributed by atoms with Crippen molar-refractivity contribution in [3.05, 3.63) is 33.1 Å². The summed E-state index contributed by atoms with van der Waals surface area (Å²) >= 11 is 1.45. The average Bonchev–Trinajstić information content (AvgIpc) is 2.93. The normalized spacial score (nSPS) is 21.2. The summed E-state index contributed by atoms with van der Waals surface area (Å²) in [4.78, 5) is 12.9. The Kier molecular flexibility index (Phi) is 4.77. The Balaban J connectivity index is 1.99. The van der Waals surface area contributed by atoms with Crippen LogP contribution in [0.2, 0.25) is 25.7 Å². The summed E-state index contributed by atoms with van der Waals surface area (Å²) in [5.41, 5.74) is 1.03. The van der Waals surface area contributed by atoms with Crippen LogP contribution in [-0.4, -0.2) is 24.4 Å². The van der Waals surface area contributed by atoms with Gasteiger partial charge in [-0.1, -0.05) is 19.6 Å². The highest BCUT2D eigenvalue weighted by Crippen LogP contribution is 2.39. The highest BCUT2D eigenvalue weighted by atomic mass is 32.1. The number of hydrogen-bond donors (Lipinski definition) is 1. The lowest BCUT2D eigenvalue weighted by atomic mass is 9.81. The van der Waals surface area contributed by atoms with Gasteiger partial charge in [-0.25, -0.2) is 0 Å². The molecule has 1 aliphatic rings. The van der Waals surface area contributed by atoms with E-state index in [2.05, 4.69) is 19.6 Å². The number of aliphatic hydroxyl groups is 1. The number of hydrogen-bond acceptors (Lipinski definition) is 4. The topological polar surface area (TPSA) is 51.5 Å². The quantitative estimate of drug-likeness (QED) is 0.645. The van der Waals surface area contributed by atoms with Crippen molar-refractivity contribution >= 4 is 29.5 Å². The van der Waals surface area contributed by atoms with E-state index in [4.69, 9.17) is 4.74 Å². The fourth-order valence-corrected chi connectivity index (χ4v) is 5.07. The second-order valence-electron chi connectivity index (χ2n) is 8.19. The van der Waals surface area contributed by atoms with E-state index in [9.17, 15) is 9.90 Å². The molecule has 0 saturated carbocycles. The maximum atomic E-state index is 12.9. The van der Waals surface area contributed by atoms with Gasteiger partial charge in [0.2, 0.25) is 0 Å². The first kappa shape index (κ1) is 17.9. The number of ether oxygens (including phenoxy) is 1. The van der Waals surface area contributed by atoms with E-state index < -0.39 is 13.7 Å². The van der Waals surface area contributed by atoms with Gasteiger partial charge in [0.25, 0.3) is 5.56 Å². The van der Waals surface area contributed by atoms with Crippen LogP contribution in [0.3, 0.4) is 0 Å². The van der Waals surface area contributed by atoms with Gasteiger partial charge < -0.3 is 9.84 Å². The molecule has 0 fully saturated rings. The molecule has 0 aliphatic heterocycles. The molecular formula is C18H27NO3SSi. The standard InChI is InChI=1S/C18H27NO3SSi/c1-18(21)8-5-6-14-15(18)13-7-10-23-16(13)17(20)19(14)12-22-9-11-24(2,3)4/h7,10,21H,5-6,8-9,11-12H2,1-4H3. The van der Waals surface area contributed by atoms with Crippen LogP contribution in [0.1, 0.15) is 31.0 Å². The second-order valence-corrected chi connectivity index (χ2v) is 14.7. The van der Waals surface area contributed by atoms with Crippen LogP contribution in [0.15, 0.2) is 16.2 Å². The molecule has 0 radical (unpaired) electrons. The Labute approximate surface area is 148 Å². The number of pyridine rings is 1. The van der Waals surface area contributed by atoms with E-state index in [0.29, 0.717) is 6.61 Å². The minimum Gasteiger partial charge on any atom is -0.385 e. The van der Waals surface area contributed by atoms with Crippen LogP contribution in [0.25, 0.3) is 10.1 Å². The van der Waals surface area contributed by atoms with Crippen molar-refractivity contribution in [1.82, 2.24) is 4.57 Å². The first-order chi connectivity index (χ1) is 11.2. The third-order valence-electron chi connectivity index (χ3n) is 4.82. The first-order valence-corrected chi connectivity index (χ1v) is 13.2. The van der Waals surface area contributed by atoms with Crippen LogP contribution >= 0.6 is 11.3 Å². The van der Waals surface area contributed by atoms with Gasteiger partial charge in [-0.05, 0) is 43.7 Å². The van der Waals surface area contributed by atoms with E-state index in [1.165, 1.54) is 11.3 Å². The number of rotatable bonds is 5. The minimum atomic E-state index is -1.14. The summed E-state index contributed by atoms with van der Waals surface area (Å²) in [6, 6.07) is 3.05. The van der Waals surface area contributed by atoms with Crippen LogP contribution < -0.4 is 5.56 Å². The summed E-state index contributed by atoms with van der Waals surface area (Å²) in [5, 5.41) is 13.7. The predicted molar refractivity (Wildman–Crippen MR) is 103 cm³/mol. The zero-order valence-corrected chi connectivity index (χ0v) is 16.8. The minimum absolute atomic E-state index is 0.0180. The molecular weight excluding hydrogens is 338 g/mol. The van der Waals surface area contributed by atoms with Gasteiger partial charge >= 0.3 is 0 Å². The van der Waals surface area contributed by atoms with E-state index in [1.54, 1.807) is 4.57 Å². The lowest BCUT2D eigenvalue weighted by Crippen LogP contribution is -2.35. The number of thiophene rings is 1. The number of fused-ring (bicyclic) bond motifs is 3. The summed E-state index contributed by atoms with van der Waals surface area (Å²) in [5.74, 6) is 0. The predicted octanol–water partition coefficient (Wildman–Crippen LogP) is 3.92. The maximum Gasteiger partial charge on any atom is 0.270 e. The van der Waals surface area contributed by atoms with Gasteiger partial charge in [-0.3, -0.25) is 9.36 Å². The van der Waals surface area contributed by atoms with Crippen molar-refractivity contribution in [2.45, 2.75) is 64.2 Å². The molecule has 1 atom stereocenters. The van der Waals surface area contributed by atoms with E-state index in [1.807, 2.05) is 18.4 Å². The van der Waals surface area contributed by atoms with E-state index in [-0.39, 0.29) is 12.3 Å². The summed E-state index contributed by atoms with van der Waals surface area (Å²) in [6.07, 6.45) is 2.45. The maximum absolute atomic E-state index is 12.9. The Morgan fingerprint density at radius 2 is 2.17 bits per heavy atom. The molecule has 2 aromatic rings. The first-order valence-electron chi connectivity index (χ1n) is 8.64. The largest absolute Gasteiger partial charge is 0.385 e. The fourth-order valence-electron chi connectivity index (χ4n) is 3.46. The van der Waals surface area contributed by atoms with Gasteiger partial charge in [-0.2, -0.15) is 0 Å².